The third-order valence-corrected chi connectivity index (χ3v) is 4.34. The number of benzene rings is 1. The molecule has 1 aromatic rings. The normalized spacial score (nSPS) is 11.4. The van der Waals surface area contributed by atoms with Crippen LogP contribution >= 0.6 is 0 Å². The average molecular weight is 545 g/mol. The molecule has 0 N–H and O–H groups in total. The summed E-state index contributed by atoms with van der Waals surface area (Å²) in [4.78, 5) is 23.2. The lowest BCUT2D eigenvalue weighted by Crippen LogP contribution is -2.27. The van der Waals surface area contributed by atoms with E-state index in [9.17, 15) is 9.59 Å². The van der Waals surface area contributed by atoms with Crippen molar-refractivity contribution in [1.29, 1.82) is 0 Å². The maximum absolute atomic E-state index is 11.7. The van der Waals surface area contributed by atoms with Crippen LogP contribution in [0.3, 0.4) is 0 Å². The fourth-order valence-electron chi connectivity index (χ4n) is 2.70. The predicted octanol–water partition coefficient (Wildman–Crippen LogP) is 2.30. The largest absolute Gasteiger partial charge is 0.460 e. The van der Waals surface area contributed by atoms with Gasteiger partial charge in [0, 0.05) is 0 Å². The topological polar surface area (TPSA) is 117 Å². The van der Waals surface area contributed by atoms with Gasteiger partial charge >= 0.3 is 11.9 Å². The Labute approximate surface area is 225 Å². The summed E-state index contributed by atoms with van der Waals surface area (Å²) in [7, 11) is 0. The molecule has 0 atom stereocenters. The number of hydrogen-bond donors (Lipinski definition) is 0. The molecule has 0 radical (unpaired) electrons. The van der Waals surface area contributed by atoms with Gasteiger partial charge in [0.05, 0.1) is 91.5 Å². The van der Waals surface area contributed by atoms with E-state index in [0.717, 1.165) is 0 Å². The maximum atomic E-state index is 11.7. The molecule has 0 heterocycles. The van der Waals surface area contributed by atoms with Gasteiger partial charge in [-0.2, -0.15) is 0 Å². The Balaban J connectivity index is 1.71. The van der Waals surface area contributed by atoms with Crippen molar-refractivity contribution in [3.8, 4) is 0 Å². The first-order valence-electron chi connectivity index (χ1n) is 12.9. The first-order valence-corrected chi connectivity index (χ1v) is 12.9. The smallest absolute Gasteiger partial charge is 0.338 e. The SMILES string of the molecule is CC(C)(C)OC(=O)COCCOCCOCCOCCOCCOCCOCCOC(=O)c1ccccc1. The van der Waals surface area contributed by atoms with Crippen LogP contribution in [0.4, 0.5) is 0 Å². The van der Waals surface area contributed by atoms with Gasteiger partial charge in [0.2, 0.25) is 0 Å². The summed E-state index contributed by atoms with van der Waals surface area (Å²) < 4.78 is 47.9. The second-order valence-corrected chi connectivity index (χ2v) is 8.82. The van der Waals surface area contributed by atoms with Gasteiger partial charge in [-0.1, -0.05) is 18.2 Å². The molecule has 218 valence electrons. The van der Waals surface area contributed by atoms with E-state index in [1.54, 1.807) is 24.3 Å². The number of esters is 2. The maximum Gasteiger partial charge on any atom is 0.338 e. The summed E-state index contributed by atoms with van der Waals surface area (Å²) in [5.41, 5.74) is 0.0104. The van der Waals surface area contributed by atoms with E-state index in [-0.39, 0.29) is 25.2 Å². The first kappa shape index (κ1) is 33.9. The molecule has 11 nitrogen and oxygen atoms in total. The molecule has 0 aliphatic rings. The van der Waals surface area contributed by atoms with Crippen molar-refractivity contribution >= 4 is 11.9 Å². The molecule has 0 saturated heterocycles. The standard InChI is InChI=1S/C27H44O11/c1-27(2,3)38-25(28)23-36-20-19-34-16-15-32-12-11-30-9-10-31-13-14-33-17-18-35-21-22-37-26(29)24-7-5-4-6-8-24/h4-8H,9-23H2,1-3H3. The van der Waals surface area contributed by atoms with E-state index in [2.05, 4.69) is 0 Å². The molecule has 0 fully saturated rings. The van der Waals surface area contributed by atoms with Crippen LogP contribution < -0.4 is 0 Å². The zero-order valence-corrected chi connectivity index (χ0v) is 23.0. The van der Waals surface area contributed by atoms with Gasteiger partial charge in [-0.25, -0.2) is 9.59 Å². The lowest BCUT2D eigenvalue weighted by molar-refractivity contribution is -0.160. The molecule has 1 rings (SSSR count). The number of rotatable bonds is 24. The summed E-state index contributed by atoms with van der Waals surface area (Å²) in [6, 6.07) is 8.83. The van der Waals surface area contributed by atoms with Crippen molar-refractivity contribution in [1.82, 2.24) is 0 Å². The molecule has 0 spiro atoms. The van der Waals surface area contributed by atoms with Crippen LogP contribution in [-0.2, 0) is 47.4 Å². The Hall–Kier alpha value is -2.12. The highest BCUT2D eigenvalue weighted by Crippen LogP contribution is 2.06. The lowest BCUT2D eigenvalue weighted by Gasteiger charge is -2.19. The van der Waals surface area contributed by atoms with E-state index >= 15 is 0 Å². The van der Waals surface area contributed by atoms with Gasteiger partial charge in [-0.05, 0) is 32.9 Å². The van der Waals surface area contributed by atoms with E-state index in [1.807, 2.05) is 26.8 Å². The molecule has 0 bridgehead atoms. The molecule has 0 unspecified atom stereocenters. The Morgan fingerprint density at radius 2 is 0.921 bits per heavy atom. The van der Waals surface area contributed by atoms with Crippen molar-refractivity contribution in [2.75, 3.05) is 99.1 Å². The van der Waals surface area contributed by atoms with Crippen molar-refractivity contribution in [3.63, 3.8) is 0 Å². The van der Waals surface area contributed by atoms with Crippen LogP contribution in [0.15, 0.2) is 30.3 Å². The Morgan fingerprint density at radius 3 is 1.32 bits per heavy atom. The van der Waals surface area contributed by atoms with Crippen LogP contribution in [0, 0.1) is 0 Å². The Bertz CT molecular complexity index is 707. The molecular weight excluding hydrogens is 500 g/mol. The third-order valence-electron chi connectivity index (χ3n) is 4.34. The summed E-state index contributed by atoms with van der Waals surface area (Å²) >= 11 is 0. The molecule has 0 aliphatic heterocycles. The summed E-state index contributed by atoms with van der Waals surface area (Å²) in [5.74, 6) is -0.750. The first-order chi connectivity index (χ1) is 18.4. The predicted molar refractivity (Wildman–Crippen MR) is 138 cm³/mol. The molecule has 0 aliphatic carbocycles. The minimum absolute atomic E-state index is 0.0859. The van der Waals surface area contributed by atoms with E-state index in [0.29, 0.717) is 91.5 Å². The lowest BCUT2D eigenvalue weighted by atomic mass is 10.2. The fourth-order valence-corrected chi connectivity index (χ4v) is 2.70. The van der Waals surface area contributed by atoms with Gasteiger partial charge < -0.3 is 42.6 Å². The van der Waals surface area contributed by atoms with Crippen LogP contribution in [0.5, 0.6) is 0 Å². The number of carbonyl (C=O) groups is 2. The monoisotopic (exact) mass is 544 g/mol. The van der Waals surface area contributed by atoms with Crippen LogP contribution in [0.25, 0.3) is 0 Å². The summed E-state index contributed by atoms with van der Waals surface area (Å²) in [5, 5.41) is 0. The van der Waals surface area contributed by atoms with Crippen molar-refractivity contribution < 1.29 is 52.2 Å². The van der Waals surface area contributed by atoms with Gasteiger partial charge in [0.25, 0.3) is 0 Å². The minimum atomic E-state index is -0.512. The van der Waals surface area contributed by atoms with Gasteiger partial charge in [-0.3, -0.25) is 0 Å². The van der Waals surface area contributed by atoms with E-state index in [4.69, 9.17) is 42.6 Å². The van der Waals surface area contributed by atoms with Crippen molar-refractivity contribution in [2.45, 2.75) is 26.4 Å². The summed E-state index contributed by atoms with van der Waals surface area (Å²) in [6.45, 7) is 11.1. The zero-order valence-electron chi connectivity index (χ0n) is 23.0. The van der Waals surface area contributed by atoms with E-state index < -0.39 is 5.60 Å². The van der Waals surface area contributed by atoms with Crippen LogP contribution in [0.1, 0.15) is 31.1 Å². The quantitative estimate of drug-likeness (QED) is 0.141. The average Bonchev–Trinajstić information content (AvgIpc) is 2.88. The molecule has 11 heteroatoms. The highest BCUT2D eigenvalue weighted by atomic mass is 16.6. The van der Waals surface area contributed by atoms with Crippen molar-refractivity contribution in [2.24, 2.45) is 0 Å². The number of ether oxygens (including phenoxy) is 9. The zero-order chi connectivity index (χ0) is 27.7. The molecule has 1 aromatic carbocycles. The van der Waals surface area contributed by atoms with Gasteiger partial charge in [0.1, 0.15) is 18.8 Å². The Kier molecular flexibility index (Phi) is 20.4. The summed E-state index contributed by atoms with van der Waals surface area (Å²) in [6.07, 6.45) is 0. The Morgan fingerprint density at radius 1 is 0.553 bits per heavy atom. The van der Waals surface area contributed by atoms with Crippen molar-refractivity contribution in [3.05, 3.63) is 35.9 Å². The molecule has 0 aromatic heterocycles. The second kappa shape index (κ2) is 22.8. The molecule has 38 heavy (non-hydrogen) atoms. The molecular formula is C27H44O11. The highest BCUT2D eigenvalue weighted by molar-refractivity contribution is 5.89. The third kappa shape index (κ3) is 21.9. The van der Waals surface area contributed by atoms with Crippen LogP contribution in [-0.4, -0.2) is 117 Å². The number of hydrogen-bond acceptors (Lipinski definition) is 11. The second-order valence-electron chi connectivity index (χ2n) is 8.82. The molecule has 0 saturated carbocycles. The van der Waals surface area contributed by atoms with Gasteiger partial charge in [-0.15, -0.1) is 0 Å². The fraction of sp³-hybridized carbons (Fsp3) is 0.704. The highest BCUT2D eigenvalue weighted by Gasteiger charge is 2.15. The number of carbonyl (C=O) groups excluding carboxylic acids is 2. The van der Waals surface area contributed by atoms with Crippen LogP contribution in [0.2, 0.25) is 0 Å². The molecule has 0 amide bonds. The van der Waals surface area contributed by atoms with E-state index in [1.165, 1.54) is 0 Å². The van der Waals surface area contributed by atoms with Gasteiger partial charge in [0.15, 0.2) is 0 Å². The minimum Gasteiger partial charge on any atom is -0.460 e.